The van der Waals surface area contributed by atoms with Crippen LogP contribution in [0.5, 0.6) is 0 Å². The zero-order chi connectivity index (χ0) is 17.1. The van der Waals surface area contributed by atoms with E-state index < -0.39 is 0 Å². The lowest BCUT2D eigenvalue weighted by Crippen LogP contribution is -2.45. The SMILES string of the molecule is CCN1CCC(N(C)C(=O)c2cc(-c3ccc(Cl)cc3)n[nH]2)CC1. The molecule has 0 saturated carbocycles. The lowest BCUT2D eigenvalue weighted by molar-refractivity contribution is 0.0641. The zero-order valence-electron chi connectivity index (χ0n) is 14.1. The second-order valence-electron chi connectivity index (χ2n) is 6.26. The van der Waals surface area contributed by atoms with E-state index in [-0.39, 0.29) is 5.91 Å². The highest BCUT2D eigenvalue weighted by molar-refractivity contribution is 6.30. The third kappa shape index (κ3) is 3.62. The topological polar surface area (TPSA) is 52.2 Å². The molecule has 1 aromatic carbocycles. The Hall–Kier alpha value is -1.85. The molecule has 0 aliphatic carbocycles. The van der Waals surface area contributed by atoms with Crippen molar-refractivity contribution in [3.63, 3.8) is 0 Å². The summed E-state index contributed by atoms with van der Waals surface area (Å²) >= 11 is 5.91. The van der Waals surface area contributed by atoms with Gasteiger partial charge in [-0.3, -0.25) is 9.89 Å². The molecule has 1 fully saturated rings. The number of benzene rings is 1. The normalized spacial score (nSPS) is 16.3. The molecule has 1 aliphatic heterocycles. The first-order valence-electron chi connectivity index (χ1n) is 8.39. The van der Waals surface area contributed by atoms with Crippen LogP contribution in [-0.2, 0) is 0 Å². The van der Waals surface area contributed by atoms with Gasteiger partial charge in [-0.05, 0) is 37.6 Å². The van der Waals surface area contributed by atoms with Gasteiger partial charge in [0.2, 0.25) is 0 Å². The van der Waals surface area contributed by atoms with Gasteiger partial charge in [-0.2, -0.15) is 5.10 Å². The summed E-state index contributed by atoms with van der Waals surface area (Å²) in [7, 11) is 1.89. The molecule has 1 saturated heterocycles. The number of nitrogens with zero attached hydrogens (tertiary/aromatic N) is 3. The van der Waals surface area contributed by atoms with Crippen LogP contribution in [0, 0.1) is 0 Å². The fourth-order valence-corrected chi connectivity index (χ4v) is 3.30. The van der Waals surface area contributed by atoms with Gasteiger partial charge in [-0.15, -0.1) is 0 Å². The molecule has 1 aliphatic rings. The molecule has 1 aromatic heterocycles. The second kappa shape index (κ2) is 7.36. The summed E-state index contributed by atoms with van der Waals surface area (Å²) < 4.78 is 0. The summed E-state index contributed by atoms with van der Waals surface area (Å²) in [6, 6.07) is 9.54. The fraction of sp³-hybridized carbons (Fsp3) is 0.444. The molecule has 0 bridgehead atoms. The van der Waals surface area contributed by atoms with Gasteiger partial charge in [0, 0.05) is 36.8 Å². The van der Waals surface area contributed by atoms with Crippen molar-refractivity contribution in [2.45, 2.75) is 25.8 Å². The quantitative estimate of drug-likeness (QED) is 0.924. The first kappa shape index (κ1) is 17.0. The summed E-state index contributed by atoms with van der Waals surface area (Å²) in [5.74, 6) is -0.00216. The Bertz CT molecular complexity index is 689. The van der Waals surface area contributed by atoms with Crippen molar-refractivity contribution < 1.29 is 4.79 Å². The molecule has 1 amide bonds. The minimum atomic E-state index is -0.00216. The Kier molecular flexibility index (Phi) is 5.21. The molecule has 1 N–H and O–H groups in total. The maximum Gasteiger partial charge on any atom is 0.271 e. The van der Waals surface area contributed by atoms with Crippen LogP contribution in [0.15, 0.2) is 30.3 Å². The van der Waals surface area contributed by atoms with Crippen molar-refractivity contribution >= 4 is 17.5 Å². The first-order valence-corrected chi connectivity index (χ1v) is 8.77. The number of carbonyl (C=O) groups is 1. The molecule has 5 nitrogen and oxygen atoms in total. The van der Waals surface area contributed by atoms with Crippen LogP contribution in [0.4, 0.5) is 0 Å². The Morgan fingerprint density at radius 3 is 2.62 bits per heavy atom. The van der Waals surface area contributed by atoms with Crippen LogP contribution < -0.4 is 0 Å². The van der Waals surface area contributed by atoms with Crippen LogP contribution in [0.3, 0.4) is 0 Å². The maximum absolute atomic E-state index is 12.7. The van der Waals surface area contributed by atoms with Gasteiger partial charge in [0.1, 0.15) is 5.69 Å². The van der Waals surface area contributed by atoms with Crippen LogP contribution in [-0.4, -0.2) is 58.6 Å². The van der Waals surface area contributed by atoms with E-state index in [0.717, 1.165) is 43.7 Å². The molecule has 24 heavy (non-hydrogen) atoms. The number of rotatable bonds is 4. The Morgan fingerprint density at radius 2 is 2.00 bits per heavy atom. The second-order valence-corrected chi connectivity index (χ2v) is 6.69. The van der Waals surface area contributed by atoms with Crippen molar-refractivity contribution in [3.8, 4) is 11.3 Å². The number of halogens is 1. The molecule has 3 rings (SSSR count). The lowest BCUT2D eigenvalue weighted by atomic mass is 10.0. The number of nitrogens with one attached hydrogen (secondary N) is 1. The van der Waals surface area contributed by atoms with E-state index in [2.05, 4.69) is 22.0 Å². The largest absolute Gasteiger partial charge is 0.337 e. The molecular weight excluding hydrogens is 324 g/mol. The van der Waals surface area contributed by atoms with Crippen LogP contribution in [0.25, 0.3) is 11.3 Å². The Labute approximate surface area is 147 Å². The van der Waals surface area contributed by atoms with Gasteiger partial charge < -0.3 is 9.80 Å². The summed E-state index contributed by atoms with van der Waals surface area (Å²) in [5, 5.41) is 7.82. The maximum atomic E-state index is 12.7. The molecular formula is C18H23ClN4O. The smallest absolute Gasteiger partial charge is 0.271 e. The number of aromatic nitrogens is 2. The summed E-state index contributed by atoms with van der Waals surface area (Å²) in [4.78, 5) is 17.0. The molecule has 6 heteroatoms. The molecule has 0 unspecified atom stereocenters. The molecule has 2 aromatic rings. The van der Waals surface area contributed by atoms with E-state index in [4.69, 9.17) is 11.6 Å². The predicted molar refractivity (Wildman–Crippen MR) is 96.3 cm³/mol. The number of carbonyl (C=O) groups excluding carboxylic acids is 1. The number of amides is 1. The van der Waals surface area contributed by atoms with Crippen molar-refractivity contribution in [3.05, 3.63) is 41.0 Å². The third-order valence-corrected chi connectivity index (χ3v) is 5.07. The third-order valence-electron chi connectivity index (χ3n) is 4.82. The zero-order valence-corrected chi connectivity index (χ0v) is 14.9. The Balaban J connectivity index is 1.68. The molecule has 2 heterocycles. The average molecular weight is 347 g/mol. The average Bonchev–Trinajstić information content (AvgIpc) is 3.11. The van der Waals surface area contributed by atoms with Gasteiger partial charge in [0.05, 0.1) is 5.69 Å². The van der Waals surface area contributed by atoms with Crippen molar-refractivity contribution in [1.29, 1.82) is 0 Å². The minimum absolute atomic E-state index is 0.00216. The van der Waals surface area contributed by atoms with Crippen molar-refractivity contribution in [2.75, 3.05) is 26.7 Å². The lowest BCUT2D eigenvalue weighted by Gasteiger charge is -2.36. The van der Waals surface area contributed by atoms with E-state index in [0.29, 0.717) is 16.8 Å². The van der Waals surface area contributed by atoms with Gasteiger partial charge in [-0.25, -0.2) is 0 Å². The summed E-state index contributed by atoms with van der Waals surface area (Å²) in [6.45, 7) is 5.36. The number of likely N-dealkylation sites (tertiary alicyclic amines) is 1. The number of hydrogen-bond acceptors (Lipinski definition) is 3. The number of aromatic amines is 1. The summed E-state index contributed by atoms with van der Waals surface area (Å²) in [5.41, 5.74) is 2.22. The molecule has 0 spiro atoms. The first-order chi connectivity index (χ1) is 11.6. The molecule has 0 atom stereocenters. The van der Waals surface area contributed by atoms with E-state index >= 15 is 0 Å². The highest BCUT2D eigenvalue weighted by atomic mass is 35.5. The van der Waals surface area contributed by atoms with Gasteiger partial charge in [-0.1, -0.05) is 30.7 Å². The summed E-state index contributed by atoms with van der Waals surface area (Å²) in [6.07, 6.45) is 2.04. The molecule has 128 valence electrons. The van der Waals surface area contributed by atoms with Gasteiger partial charge >= 0.3 is 0 Å². The predicted octanol–water partition coefficient (Wildman–Crippen LogP) is 3.29. The van der Waals surface area contributed by atoms with Crippen LogP contribution in [0.1, 0.15) is 30.3 Å². The van der Waals surface area contributed by atoms with Crippen LogP contribution in [0.2, 0.25) is 5.02 Å². The van der Waals surface area contributed by atoms with E-state index in [9.17, 15) is 4.79 Å². The standard InChI is InChI=1S/C18H23ClN4O/c1-3-23-10-8-15(9-11-23)22(2)18(24)17-12-16(20-21-17)13-4-6-14(19)7-5-13/h4-7,12,15H,3,8-11H2,1-2H3,(H,20,21). The van der Waals surface area contributed by atoms with E-state index in [1.165, 1.54) is 0 Å². The van der Waals surface area contributed by atoms with E-state index in [1.807, 2.05) is 42.3 Å². The van der Waals surface area contributed by atoms with Gasteiger partial charge in [0.25, 0.3) is 5.91 Å². The van der Waals surface area contributed by atoms with Crippen LogP contribution >= 0.6 is 11.6 Å². The number of H-pyrrole nitrogens is 1. The van der Waals surface area contributed by atoms with E-state index in [1.54, 1.807) is 0 Å². The highest BCUT2D eigenvalue weighted by Crippen LogP contribution is 2.22. The monoisotopic (exact) mass is 346 g/mol. The number of piperidine rings is 1. The molecule has 0 radical (unpaired) electrons. The highest BCUT2D eigenvalue weighted by Gasteiger charge is 2.26. The Morgan fingerprint density at radius 1 is 1.33 bits per heavy atom. The minimum Gasteiger partial charge on any atom is -0.337 e. The van der Waals surface area contributed by atoms with Crippen molar-refractivity contribution in [1.82, 2.24) is 20.0 Å². The van der Waals surface area contributed by atoms with Crippen molar-refractivity contribution in [2.24, 2.45) is 0 Å². The number of hydrogen-bond donors (Lipinski definition) is 1. The fourth-order valence-electron chi connectivity index (χ4n) is 3.18. The van der Waals surface area contributed by atoms with Gasteiger partial charge in [0.15, 0.2) is 0 Å².